The van der Waals surface area contributed by atoms with Crippen LogP contribution in [-0.4, -0.2) is 40.6 Å². The van der Waals surface area contributed by atoms with Crippen LogP contribution >= 0.6 is 0 Å². The minimum atomic E-state index is -3.93. The Morgan fingerprint density at radius 3 is 2.25 bits per heavy atom. The second-order valence-corrected chi connectivity index (χ2v) is 7.61. The molecule has 130 valence electrons. The maximum Gasteiger partial charge on any atom is 0.371 e. The number of benzene rings is 1. The largest absolute Gasteiger partial charge is 0.475 e. The van der Waals surface area contributed by atoms with Crippen molar-refractivity contribution >= 4 is 27.4 Å². The molecule has 0 saturated carbocycles. The first-order valence-corrected chi connectivity index (χ1v) is 8.60. The molecule has 1 aromatic carbocycles. The van der Waals surface area contributed by atoms with E-state index >= 15 is 0 Å². The van der Waals surface area contributed by atoms with Gasteiger partial charge in [0, 0.05) is 32.9 Å². The molecule has 8 heteroatoms. The Bertz CT molecular complexity index is 884. The van der Waals surface area contributed by atoms with Crippen molar-refractivity contribution in [3.63, 3.8) is 0 Å². The number of nitrogens with zero attached hydrogens (tertiary/aromatic N) is 2. The molecule has 1 N–H and O–H groups in total. The molecule has 7 nitrogen and oxygen atoms in total. The topological polar surface area (TPSA) is 91.1 Å². The fourth-order valence-electron chi connectivity index (χ4n) is 2.39. The van der Waals surface area contributed by atoms with Gasteiger partial charge in [-0.25, -0.2) is 13.2 Å². The Kier molecular flexibility index (Phi) is 4.61. The van der Waals surface area contributed by atoms with Crippen LogP contribution in [0.1, 0.15) is 21.9 Å². The number of carbonyl (C=O) groups is 1. The van der Waals surface area contributed by atoms with Crippen LogP contribution in [0.5, 0.6) is 0 Å². The highest BCUT2D eigenvalue weighted by Gasteiger charge is 2.28. The van der Waals surface area contributed by atoms with E-state index in [9.17, 15) is 13.2 Å². The van der Waals surface area contributed by atoms with E-state index < -0.39 is 21.8 Å². The maximum atomic E-state index is 12.8. The maximum absolute atomic E-state index is 12.8. The fourth-order valence-corrected chi connectivity index (χ4v) is 3.74. The van der Waals surface area contributed by atoms with Gasteiger partial charge in [-0.05, 0) is 31.5 Å². The van der Waals surface area contributed by atoms with E-state index in [-0.39, 0.29) is 10.7 Å². The lowest BCUT2D eigenvalue weighted by molar-refractivity contribution is 0.0661. The van der Waals surface area contributed by atoms with E-state index in [4.69, 9.17) is 9.52 Å². The molecule has 1 heterocycles. The van der Waals surface area contributed by atoms with Crippen molar-refractivity contribution in [3.05, 3.63) is 41.3 Å². The Balaban J connectivity index is 2.50. The summed E-state index contributed by atoms with van der Waals surface area (Å²) in [6.45, 7) is 3.36. The molecule has 24 heavy (non-hydrogen) atoms. The lowest BCUT2D eigenvalue weighted by Crippen LogP contribution is -2.27. The molecule has 2 rings (SSSR count). The van der Waals surface area contributed by atoms with E-state index in [0.29, 0.717) is 5.69 Å². The van der Waals surface area contributed by atoms with E-state index in [1.54, 1.807) is 12.1 Å². The summed E-state index contributed by atoms with van der Waals surface area (Å²) in [5.41, 5.74) is 2.38. The van der Waals surface area contributed by atoms with Crippen molar-refractivity contribution in [1.29, 1.82) is 0 Å². The first kappa shape index (κ1) is 17.9. The molecular formula is C16H20N2O5S. The van der Waals surface area contributed by atoms with Crippen LogP contribution in [0.15, 0.2) is 33.6 Å². The zero-order valence-electron chi connectivity index (χ0n) is 14.2. The number of aromatic carboxylic acids is 1. The minimum Gasteiger partial charge on any atom is -0.475 e. The smallest absolute Gasteiger partial charge is 0.371 e. The van der Waals surface area contributed by atoms with Crippen LogP contribution in [0.3, 0.4) is 0 Å². The van der Waals surface area contributed by atoms with Gasteiger partial charge >= 0.3 is 5.97 Å². The average Bonchev–Trinajstić information content (AvgIpc) is 2.89. The standard InChI is InChI=1S/C16H20N2O5S/c1-10-6-7-12(8-13(10)17(3)4)18(5)24(21,22)15-9-14(16(19)20)23-11(15)2/h6-9H,1-5H3,(H,19,20). The summed E-state index contributed by atoms with van der Waals surface area (Å²) in [6, 6.07) is 6.33. The Labute approximate surface area is 141 Å². The zero-order valence-corrected chi connectivity index (χ0v) is 15.0. The van der Waals surface area contributed by atoms with Crippen molar-refractivity contribution in [3.8, 4) is 0 Å². The highest BCUT2D eigenvalue weighted by molar-refractivity contribution is 7.92. The molecule has 0 amide bonds. The second kappa shape index (κ2) is 6.20. The summed E-state index contributed by atoms with van der Waals surface area (Å²) in [5, 5.41) is 8.96. The predicted molar refractivity (Wildman–Crippen MR) is 91.5 cm³/mol. The molecular weight excluding hydrogens is 332 g/mol. The number of sulfonamides is 1. The van der Waals surface area contributed by atoms with Gasteiger partial charge in [0.2, 0.25) is 5.76 Å². The number of hydrogen-bond acceptors (Lipinski definition) is 5. The minimum absolute atomic E-state index is 0.0409. The third-order valence-electron chi connectivity index (χ3n) is 3.76. The lowest BCUT2D eigenvalue weighted by atomic mass is 10.1. The van der Waals surface area contributed by atoms with E-state index in [1.807, 2.05) is 32.0 Å². The molecule has 0 aliphatic rings. The summed E-state index contributed by atoms with van der Waals surface area (Å²) in [7, 11) is 1.24. The Morgan fingerprint density at radius 2 is 1.75 bits per heavy atom. The van der Waals surface area contributed by atoms with E-state index in [0.717, 1.165) is 21.6 Å². The molecule has 0 aliphatic heterocycles. The van der Waals surface area contributed by atoms with Crippen molar-refractivity contribution in [2.24, 2.45) is 0 Å². The Morgan fingerprint density at radius 1 is 1.12 bits per heavy atom. The van der Waals surface area contributed by atoms with Crippen molar-refractivity contribution in [2.75, 3.05) is 30.3 Å². The van der Waals surface area contributed by atoms with E-state index in [2.05, 4.69) is 0 Å². The molecule has 0 saturated heterocycles. The van der Waals surface area contributed by atoms with Gasteiger partial charge in [-0.3, -0.25) is 4.31 Å². The molecule has 2 aromatic rings. The number of aryl methyl sites for hydroxylation is 2. The molecule has 0 spiro atoms. The summed E-state index contributed by atoms with van der Waals surface area (Å²) in [5.74, 6) is -1.68. The number of carboxylic acid groups (broad SMARTS) is 1. The number of anilines is 2. The van der Waals surface area contributed by atoms with Crippen molar-refractivity contribution in [1.82, 2.24) is 0 Å². The van der Waals surface area contributed by atoms with Gasteiger partial charge in [-0.1, -0.05) is 6.07 Å². The van der Waals surface area contributed by atoms with Gasteiger partial charge < -0.3 is 14.4 Å². The number of carboxylic acids is 1. The second-order valence-electron chi connectivity index (χ2n) is 5.67. The summed E-state index contributed by atoms with van der Waals surface area (Å²) < 4.78 is 31.8. The van der Waals surface area contributed by atoms with Crippen LogP contribution in [0.25, 0.3) is 0 Å². The number of rotatable bonds is 5. The molecule has 0 aliphatic carbocycles. The summed E-state index contributed by atoms with van der Waals surface area (Å²) >= 11 is 0. The molecule has 0 radical (unpaired) electrons. The van der Waals surface area contributed by atoms with Gasteiger partial charge in [0.05, 0.1) is 5.69 Å². The highest BCUT2D eigenvalue weighted by atomic mass is 32.2. The SMILES string of the molecule is Cc1ccc(N(C)S(=O)(=O)c2cc(C(=O)O)oc2C)cc1N(C)C. The van der Waals surface area contributed by atoms with Crippen LogP contribution in [0, 0.1) is 13.8 Å². The summed E-state index contributed by atoms with van der Waals surface area (Å²) in [6.07, 6.45) is 0. The van der Waals surface area contributed by atoms with Gasteiger partial charge in [-0.15, -0.1) is 0 Å². The van der Waals surface area contributed by atoms with Gasteiger partial charge in [0.15, 0.2) is 0 Å². The third kappa shape index (κ3) is 3.09. The van der Waals surface area contributed by atoms with Gasteiger partial charge in [0.1, 0.15) is 10.7 Å². The summed E-state index contributed by atoms with van der Waals surface area (Å²) in [4.78, 5) is 12.7. The molecule has 0 bridgehead atoms. The first-order chi connectivity index (χ1) is 11.1. The quantitative estimate of drug-likeness (QED) is 0.889. The average molecular weight is 352 g/mol. The van der Waals surface area contributed by atoms with Gasteiger partial charge in [0.25, 0.3) is 10.0 Å². The molecule has 0 atom stereocenters. The van der Waals surface area contributed by atoms with Gasteiger partial charge in [-0.2, -0.15) is 0 Å². The highest BCUT2D eigenvalue weighted by Crippen LogP contribution is 2.30. The van der Waals surface area contributed by atoms with Crippen LogP contribution in [0.2, 0.25) is 0 Å². The monoisotopic (exact) mass is 352 g/mol. The fraction of sp³-hybridized carbons (Fsp3) is 0.312. The number of furan rings is 1. The lowest BCUT2D eigenvalue weighted by Gasteiger charge is -2.22. The molecule has 0 unspecified atom stereocenters. The van der Waals surface area contributed by atoms with Crippen molar-refractivity contribution < 1.29 is 22.7 Å². The van der Waals surface area contributed by atoms with Crippen LogP contribution < -0.4 is 9.21 Å². The molecule has 1 aromatic heterocycles. The normalized spacial score (nSPS) is 11.4. The van der Waals surface area contributed by atoms with Crippen molar-refractivity contribution in [2.45, 2.75) is 18.7 Å². The predicted octanol–water partition coefficient (Wildman–Crippen LogP) is 2.49. The first-order valence-electron chi connectivity index (χ1n) is 7.16. The van der Waals surface area contributed by atoms with Crippen LogP contribution in [-0.2, 0) is 10.0 Å². The third-order valence-corrected chi connectivity index (χ3v) is 5.65. The molecule has 0 fully saturated rings. The van der Waals surface area contributed by atoms with Crippen LogP contribution in [0.4, 0.5) is 11.4 Å². The van der Waals surface area contributed by atoms with E-state index in [1.165, 1.54) is 14.0 Å². The number of hydrogen-bond donors (Lipinski definition) is 1. The Hall–Kier alpha value is -2.48. The zero-order chi connectivity index (χ0) is 18.2.